The molecule has 5 nitrogen and oxygen atoms in total. The van der Waals surface area contributed by atoms with E-state index in [9.17, 15) is 0 Å². The third-order valence-electron chi connectivity index (χ3n) is 7.33. The Hall–Kier alpha value is -4.51. The average molecular weight is 499 g/mol. The predicted octanol–water partition coefficient (Wildman–Crippen LogP) is 7.85. The number of rotatable bonds is 4. The molecule has 0 radical (unpaired) electrons. The molecule has 0 amide bonds. The van der Waals surface area contributed by atoms with E-state index in [4.69, 9.17) is 9.72 Å². The van der Waals surface area contributed by atoms with Gasteiger partial charge in [-0.2, -0.15) is 0 Å². The van der Waals surface area contributed by atoms with Crippen LogP contribution in [0, 0.1) is 34.6 Å². The van der Waals surface area contributed by atoms with Gasteiger partial charge in [-0.25, -0.2) is 15.0 Å². The number of aryl methyl sites for hydroxylation is 5. The summed E-state index contributed by atoms with van der Waals surface area (Å²) in [5.74, 6) is 2.24. The van der Waals surface area contributed by atoms with E-state index in [0.717, 1.165) is 33.5 Å². The van der Waals surface area contributed by atoms with Crippen molar-refractivity contribution in [2.24, 2.45) is 0 Å². The van der Waals surface area contributed by atoms with E-state index in [2.05, 4.69) is 110 Å². The fraction of sp³-hybridized carbons (Fsp3) is 0.182. The number of fused-ring (bicyclic) bond motifs is 3. The molecule has 38 heavy (non-hydrogen) atoms. The molecule has 0 bridgehead atoms. The Morgan fingerprint density at radius 3 is 2.03 bits per heavy atom. The van der Waals surface area contributed by atoms with Gasteiger partial charge in [0.25, 0.3) is 0 Å². The molecular weight excluding hydrogens is 468 g/mol. The van der Waals surface area contributed by atoms with Crippen molar-refractivity contribution in [1.29, 1.82) is 0 Å². The minimum atomic E-state index is 0.680. The first-order valence-electron chi connectivity index (χ1n) is 12.8. The van der Waals surface area contributed by atoms with Crippen LogP contribution in [0.2, 0.25) is 0 Å². The van der Waals surface area contributed by atoms with Crippen molar-refractivity contribution < 1.29 is 4.74 Å². The van der Waals surface area contributed by atoms with Gasteiger partial charge >= 0.3 is 0 Å². The zero-order valence-corrected chi connectivity index (χ0v) is 22.6. The van der Waals surface area contributed by atoms with Gasteiger partial charge in [0.15, 0.2) is 11.6 Å². The van der Waals surface area contributed by atoms with Crippen LogP contribution in [0.15, 0.2) is 73.1 Å². The van der Waals surface area contributed by atoms with Crippen LogP contribution in [-0.4, -0.2) is 26.6 Å². The number of ether oxygens (including phenoxy) is 1. The van der Waals surface area contributed by atoms with Crippen LogP contribution in [-0.2, 0) is 0 Å². The number of hydrogen-bond donors (Lipinski definition) is 0. The van der Waals surface area contributed by atoms with Crippen LogP contribution in [0.4, 0.5) is 0 Å². The van der Waals surface area contributed by atoms with Gasteiger partial charge in [-0.3, -0.25) is 0 Å². The molecule has 0 aliphatic carbocycles. The first-order chi connectivity index (χ1) is 18.4. The van der Waals surface area contributed by atoms with E-state index >= 15 is 0 Å². The fourth-order valence-corrected chi connectivity index (χ4v) is 5.85. The summed E-state index contributed by atoms with van der Waals surface area (Å²) in [6.45, 7) is 10.7. The molecule has 0 aliphatic rings. The summed E-state index contributed by atoms with van der Waals surface area (Å²) >= 11 is 0. The lowest BCUT2D eigenvalue weighted by molar-refractivity contribution is 0.415. The van der Waals surface area contributed by atoms with E-state index in [1.165, 1.54) is 38.7 Å². The Kier molecular flexibility index (Phi) is 5.72. The number of nitrogens with zero attached hydrogens (tertiary/aromatic N) is 4. The minimum absolute atomic E-state index is 0.680. The number of aromatic nitrogens is 4. The maximum Gasteiger partial charge on any atom is 0.163 e. The number of para-hydroxylation sites is 1. The van der Waals surface area contributed by atoms with E-state index in [0.29, 0.717) is 11.6 Å². The van der Waals surface area contributed by atoms with Crippen LogP contribution in [0.3, 0.4) is 0 Å². The van der Waals surface area contributed by atoms with Gasteiger partial charge in [-0.1, -0.05) is 35.9 Å². The Morgan fingerprint density at radius 1 is 0.658 bits per heavy atom. The third-order valence-corrected chi connectivity index (χ3v) is 7.33. The van der Waals surface area contributed by atoms with Crippen molar-refractivity contribution in [2.45, 2.75) is 34.6 Å². The Morgan fingerprint density at radius 2 is 1.32 bits per heavy atom. The number of methoxy groups -OCH3 is 1. The molecule has 0 spiro atoms. The smallest absolute Gasteiger partial charge is 0.163 e. The van der Waals surface area contributed by atoms with E-state index in [-0.39, 0.29) is 0 Å². The molecule has 0 N–H and O–H groups in total. The highest BCUT2D eigenvalue weighted by atomic mass is 16.5. The number of benzene rings is 4. The normalized spacial score (nSPS) is 11.4. The highest BCUT2D eigenvalue weighted by molar-refractivity contribution is 6.10. The van der Waals surface area contributed by atoms with Gasteiger partial charge in [0.05, 0.1) is 23.8 Å². The van der Waals surface area contributed by atoms with Crippen molar-refractivity contribution >= 4 is 21.8 Å². The van der Waals surface area contributed by atoms with Crippen LogP contribution < -0.4 is 4.74 Å². The summed E-state index contributed by atoms with van der Waals surface area (Å²) in [5, 5.41) is 2.38. The standard InChI is InChI=1S/C33H30N4O/c1-19-13-20(2)30(21(3)14-19)33-35-18-34-32(36-33)24-15-22(4)31(23(5)16-24)37-28-10-8-7-9-26(28)27-17-25(38-6)11-12-29(27)37/h7-18H,1-6H3. The van der Waals surface area contributed by atoms with E-state index in [1.54, 1.807) is 13.4 Å². The molecule has 0 unspecified atom stereocenters. The van der Waals surface area contributed by atoms with Crippen molar-refractivity contribution in [3.8, 4) is 34.2 Å². The van der Waals surface area contributed by atoms with E-state index < -0.39 is 0 Å². The molecule has 6 rings (SSSR count). The maximum absolute atomic E-state index is 5.53. The molecule has 0 fully saturated rings. The first-order valence-corrected chi connectivity index (χ1v) is 12.8. The molecule has 4 aromatic carbocycles. The molecule has 0 saturated carbocycles. The predicted molar refractivity (Wildman–Crippen MR) is 155 cm³/mol. The summed E-state index contributed by atoms with van der Waals surface area (Å²) in [7, 11) is 1.71. The van der Waals surface area contributed by atoms with Gasteiger partial charge in [0, 0.05) is 21.9 Å². The van der Waals surface area contributed by atoms with Gasteiger partial charge in [-0.05, 0) is 93.3 Å². The summed E-state index contributed by atoms with van der Waals surface area (Å²) in [5.41, 5.74) is 11.4. The minimum Gasteiger partial charge on any atom is -0.497 e. The Labute approximate surface area is 222 Å². The summed E-state index contributed by atoms with van der Waals surface area (Å²) < 4.78 is 7.89. The first kappa shape index (κ1) is 23.9. The Balaban J connectivity index is 1.52. The molecule has 0 atom stereocenters. The second kappa shape index (κ2) is 9.10. The molecule has 2 aromatic heterocycles. The lowest BCUT2D eigenvalue weighted by Gasteiger charge is -2.16. The van der Waals surface area contributed by atoms with Gasteiger partial charge in [-0.15, -0.1) is 0 Å². The highest BCUT2D eigenvalue weighted by Gasteiger charge is 2.18. The zero-order valence-electron chi connectivity index (χ0n) is 22.6. The quantitative estimate of drug-likeness (QED) is 0.248. The van der Waals surface area contributed by atoms with Crippen LogP contribution >= 0.6 is 0 Å². The molecule has 0 aliphatic heterocycles. The van der Waals surface area contributed by atoms with Crippen LogP contribution in [0.25, 0.3) is 50.3 Å². The summed E-state index contributed by atoms with van der Waals surface area (Å²) in [6, 6.07) is 23.5. The summed E-state index contributed by atoms with van der Waals surface area (Å²) in [4.78, 5) is 14.0. The summed E-state index contributed by atoms with van der Waals surface area (Å²) in [6.07, 6.45) is 1.62. The third kappa shape index (κ3) is 3.82. The molecule has 6 aromatic rings. The van der Waals surface area contributed by atoms with E-state index in [1.807, 2.05) is 6.07 Å². The van der Waals surface area contributed by atoms with Gasteiger partial charge < -0.3 is 9.30 Å². The molecular formula is C33H30N4O. The number of hydrogen-bond acceptors (Lipinski definition) is 4. The SMILES string of the molecule is COc1ccc2c(c1)c1ccccc1n2-c1c(C)cc(-c2ncnc(-c3c(C)cc(C)cc3C)n2)cc1C. The molecule has 5 heteroatoms. The van der Waals surface area contributed by atoms with Crippen molar-refractivity contribution in [3.63, 3.8) is 0 Å². The van der Waals surface area contributed by atoms with Crippen molar-refractivity contribution in [1.82, 2.24) is 19.5 Å². The van der Waals surface area contributed by atoms with Gasteiger partial charge in [0.2, 0.25) is 0 Å². The second-order valence-corrected chi connectivity index (χ2v) is 10.1. The molecule has 2 heterocycles. The lowest BCUT2D eigenvalue weighted by atomic mass is 9.99. The van der Waals surface area contributed by atoms with Crippen LogP contribution in [0.1, 0.15) is 27.8 Å². The lowest BCUT2D eigenvalue weighted by Crippen LogP contribution is -2.03. The largest absolute Gasteiger partial charge is 0.497 e. The van der Waals surface area contributed by atoms with Crippen molar-refractivity contribution in [3.05, 3.63) is 101 Å². The monoisotopic (exact) mass is 498 g/mol. The van der Waals surface area contributed by atoms with Crippen LogP contribution in [0.5, 0.6) is 5.75 Å². The second-order valence-electron chi connectivity index (χ2n) is 10.1. The molecule has 188 valence electrons. The molecule has 0 saturated heterocycles. The van der Waals surface area contributed by atoms with Crippen molar-refractivity contribution in [2.75, 3.05) is 7.11 Å². The topological polar surface area (TPSA) is 52.8 Å². The Bertz CT molecular complexity index is 1820. The fourth-order valence-electron chi connectivity index (χ4n) is 5.85. The maximum atomic E-state index is 5.53. The zero-order chi connectivity index (χ0) is 26.6. The highest BCUT2D eigenvalue weighted by Crippen LogP contribution is 2.37. The van der Waals surface area contributed by atoms with Gasteiger partial charge in [0.1, 0.15) is 12.1 Å². The average Bonchev–Trinajstić information content (AvgIpc) is 3.21.